The monoisotopic (exact) mass is 434 g/mol. The molecule has 4 nitrogen and oxygen atoms in total. The van der Waals surface area contributed by atoms with Crippen LogP contribution in [0.5, 0.6) is 5.75 Å². The van der Waals surface area contributed by atoms with Gasteiger partial charge in [-0.1, -0.05) is 48.6 Å². The molecular formula is C25H32F2O4. The average Bonchev–Trinajstić information content (AvgIpc) is 3.07. The number of carbonyl (C=O) groups excluding carboxylic acids is 1. The van der Waals surface area contributed by atoms with Crippen LogP contribution in [0.25, 0.3) is 0 Å². The van der Waals surface area contributed by atoms with Crippen molar-refractivity contribution in [2.45, 2.75) is 57.7 Å². The second kappa shape index (κ2) is 12.4. The minimum Gasteiger partial charge on any atom is -0.487 e. The van der Waals surface area contributed by atoms with Crippen molar-refractivity contribution < 1.29 is 28.2 Å². The number of benzene rings is 1. The number of halogens is 2. The van der Waals surface area contributed by atoms with Gasteiger partial charge in [0, 0.05) is 18.3 Å². The van der Waals surface area contributed by atoms with E-state index in [-0.39, 0.29) is 23.9 Å². The molecule has 1 aromatic rings. The highest BCUT2D eigenvalue weighted by Gasteiger charge is 2.31. The van der Waals surface area contributed by atoms with E-state index in [1.54, 1.807) is 42.5 Å². The predicted molar refractivity (Wildman–Crippen MR) is 117 cm³/mol. The number of unbranched alkanes of at least 4 members (excludes halogenated alkanes) is 1. The van der Waals surface area contributed by atoms with Crippen molar-refractivity contribution in [1.82, 2.24) is 0 Å². The second-order valence-electron chi connectivity index (χ2n) is 7.98. The van der Waals surface area contributed by atoms with Gasteiger partial charge in [-0.2, -0.15) is 8.78 Å². The number of ether oxygens (including phenoxy) is 2. The van der Waals surface area contributed by atoms with Crippen LogP contribution in [0, 0.1) is 11.8 Å². The maximum Gasteiger partial charge on any atom is 0.306 e. The molecule has 0 spiro atoms. The van der Waals surface area contributed by atoms with Crippen molar-refractivity contribution in [3.8, 4) is 5.75 Å². The lowest BCUT2D eigenvalue weighted by Gasteiger charge is -2.19. The van der Waals surface area contributed by atoms with Gasteiger partial charge in [-0.3, -0.25) is 4.79 Å². The summed E-state index contributed by atoms with van der Waals surface area (Å²) in [5.41, 5.74) is 0. The van der Waals surface area contributed by atoms with Gasteiger partial charge in [0.25, 0.3) is 5.92 Å². The first-order valence-electron chi connectivity index (χ1n) is 10.7. The fourth-order valence-electron chi connectivity index (χ4n) is 3.31. The smallest absolute Gasteiger partial charge is 0.306 e. The number of allylic oxidation sites excluding steroid dienone is 4. The number of aliphatic hydroxyl groups is 1. The molecule has 0 bridgehead atoms. The van der Waals surface area contributed by atoms with Crippen LogP contribution >= 0.6 is 0 Å². The molecule has 0 aromatic heterocycles. The quantitative estimate of drug-likeness (QED) is 0.269. The van der Waals surface area contributed by atoms with Crippen molar-refractivity contribution >= 4 is 5.97 Å². The largest absolute Gasteiger partial charge is 0.487 e. The third-order valence-electron chi connectivity index (χ3n) is 4.89. The lowest BCUT2D eigenvalue weighted by molar-refractivity contribution is -0.147. The molecule has 0 aliphatic heterocycles. The van der Waals surface area contributed by atoms with Crippen LogP contribution in [-0.2, 0) is 9.53 Å². The number of para-hydroxylation sites is 1. The maximum absolute atomic E-state index is 14.2. The van der Waals surface area contributed by atoms with Crippen molar-refractivity contribution in [1.29, 1.82) is 0 Å². The number of alkyl halides is 2. The number of carbonyl (C=O) groups is 1. The third-order valence-corrected chi connectivity index (χ3v) is 4.89. The van der Waals surface area contributed by atoms with Gasteiger partial charge < -0.3 is 14.6 Å². The van der Waals surface area contributed by atoms with Gasteiger partial charge in [-0.15, -0.1) is 0 Å². The molecule has 31 heavy (non-hydrogen) atoms. The van der Waals surface area contributed by atoms with Crippen LogP contribution in [0.1, 0.15) is 39.5 Å². The lowest BCUT2D eigenvalue weighted by atomic mass is 9.89. The van der Waals surface area contributed by atoms with Crippen LogP contribution < -0.4 is 4.74 Å². The summed E-state index contributed by atoms with van der Waals surface area (Å²) in [6, 6.07) is 8.50. The van der Waals surface area contributed by atoms with Crippen LogP contribution in [0.2, 0.25) is 0 Å². The number of esters is 1. The summed E-state index contributed by atoms with van der Waals surface area (Å²) < 4.78 is 38.6. The van der Waals surface area contributed by atoms with E-state index in [9.17, 15) is 18.7 Å². The minimum absolute atomic E-state index is 0.110. The van der Waals surface area contributed by atoms with Gasteiger partial charge in [-0.25, -0.2) is 0 Å². The SMILES string of the molecule is CC(C)OC(=O)CCC/C=C\C[C@@H]1[C@@H](/C=C/C(F)(F)COc2ccccc2)C=C[C@@H]1O. The molecule has 1 aliphatic carbocycles. The molecule has 6 heteroatoms. The molecule has 170 valence electrons. The third kappa shape index (κ3) is 9.47. The molecule has 0 saturated carbocycles. The Hall–Kier alpha value is -2.47. The maximum atomic E-state index is 14.2. The van der Waals surface area contributed by atoms with Gasteiger partial charge in [-0.05, 0) is 51.3 Å². The van der Waals surface area contributed by atoms with Crippen molar-refractivity contribution in [2.24, 2.45) is 11.8 Å². The van der Waals surface area contributed by atoms with E-state index in [1.165, 1.54) is 6.08 Å². The Bertz CT molecular complexity index is 756. The Balaban J connectivity index is 1.77. The highest BCUT2D eigenvalue weighted by molar-refractivity contribution is 5.69. The standard InChI is InChI=1S/C25H32F2O4/c1-19(2)31-24(29)13-9-4-3-8-12-22-20(14-15-23(22)28)16-17-25(26,27)18-30-21-10-6-5-7-11-21/h3,5-8,10-11,14-17,19-20,22-23,28H,4,9,12-13,18H2,1-2H3/b8-3-,17-16+/t20-,22-,23+/m1/s1. The van der Waals surface area contributed by atoms with E-state index in [0.717, 1.165) is 12.5 Å². The van der Waals surface area contributed by atoms with E-state index in [1.807, 2.05) is 26.0 Å². The van der Waals surface area contributed by atoms with E-state index < -0.39 is 18.6 Å². The fraction of sp³-hybridized carbons (Fsp3) is 0.480. The summed E-state index contributed by atoms with van der Waals surface area (Å²) in [5.74, 6) is -3.39. The van der Waals surface area contributed by atoms with Gasteiger partial charge >= 0.3 is 5.97 Å². The zero-order chi connectivity index (χ0) is 22.7. The fourth-order valence-corrected chi connectivity index (χ4v) is 3.31. The summed E-state index contributed by atoms with van der Waals surface area (Å²) in [6.07, 6.45) is 11.2. The average molecular weight is 435 g/mol. The van der Waals surface area contributed by atoms with Gasteiger partial charge in [0.1, 0.15) is 5.75 Å². The van der Waals surface area contributed by atoms with Crippen molar-refractivity contribution in [3.05, 3.63) is 66.8 Å². The van der Waals surface area contributed by atoms with Crippen LogP contribution in [-0.4, -0.2) is 35.8 Å². The summed E-state index contributed by atoms with van der Waals surface area (Å²) in [5, 5.41) is 10.2. The first kappa shape index (κ1) is 24.8. The van der Waals surface area contributed by atoms with E-state index in [0.29, 0.717) is 25.0 Å². The number of rotatable bonds is 12. The molecule has 1 aliphatic rings. The minimum atomic E-state index is -3.11. The molecular weight excluding hydrogens is 402 g/mol. The summed E-state index contributed by atoms with van der Waals surface area (Å²) in [4.78, 5) is 11.5. The Morgan fingerprint density at radius 3 is 2.65 bits per heavy atom. The Labute approximate surface area is 183 Å². The molecule has 0 fully saturated rings. The molecule has 3 atom stereocenters. The zero-order valence-corrected chi connectivity index (χ0v) is 18.1. The molecule has 2 rings (SSSR count). The van der Waals surface area contributed by atoms with Crippen LogP contribution in [0.4, 0.5) is 8.78 Å². The molecule has 0 amide bonds. The lowest BCUT2D eigenvalue weighted by Crippen LogP contribution is -2.24. The summed E-state index contributed by atoms with van der Waals surface area (Å²) in [7, 11) is 0. The highest BCUT2D eigenvalue weighted by Crippen LogP contribution is 2.31. The molecule has 0 heterocycles. The van der Waals surface area contributed by atoms with Gasteiger partial charge in [0.15, 0.2) is 6.61 Å². The summed E-state index contributed by atoms with van der Waals surface area (Å²) >= 11 is 0. The Morgan fingerprint density at radius 1 is 1.19 bits per heavy atom. The van der Waals surface area contributed by atoms with E-state index in [2.05, 4.69) is 0 Å². The molecule has 0 saturated heterocycles. The molecule has 0 radical (unpaired) electrons. The number of aliphatic hydroxyl groups excluding tert-OH is 1. The molecule has 1 N–H and O–H groups in total. The van der Waals surface area contributed by atoms with Crippen molar-refractivity contribution in [2.75, 3.05) is 6.61 Å². The van der Waals surface area contributed by atoms with E-state index >= 15 is 0 Å². The zero-order valence-electron chi connectivity index (χ0n) is 18.1. The first-order chi connectivity index (χ1) is 14.8. The first-order valence-corrected chi connectivity index (χ1v) is 10.7. The highest BCUT2D eigenvalue weighted by atomic mass is 19.3. The van der Waals surface area contributed by atoms with Gasteiger partial charge in [0.05, 0.1) is 12.2 Å². The topological polar surface area (TPSA) is 55.8 Å². The van der Waals surface area contributed by atoms with Crippen LogP contribution in [0.15, 0.2) is 66.8 Å². The molecule has 0 unspecified atom stereocenters. The summed E-state index contributed by atoms with van der Waals surface area (Å²) in [6.45, 7) is 2.89. The number of hydrogen-bond donors (Lipinski definition) is 1. The normalized spacial score (nSPS) is 21.4. The predicted octanol–water partition coefficient (Wildman–Crippen LogP) is 5.49. The molecule has 1 aromatic carbocycles. The van der Waals surface area contributed by atoms with Gasteiger partial charge in [0.2, 0.25) is 0 Å². The van der Waals surface area contributed by atoms with Crippen LogP contribution in [0.3, 0.4) is 0 Å². The van der Waals surface area contributed by atoms with E-state index in [4.69, 9.17) is 9.47 Å². The Morgan fingerprint density at radius 2 is 1.94 bits per heavy atom. The Kier molecular flexibility index (Phi) is 9.92. The second-order valence-corrected chi connectivity index (χ2v) is 7.98. The number of hydrogen-bond acceptors (Lipinski definition) is 4. The van der Waals surface area contributed by atoms with Crippen molar-refractivity contribution in [3.63, 3.8) is 0 Å².